The molecule has 0 N–H and O–H groups in total. The minimum atomic E-state index is -0.162. The van der Waals surface area contributed by atoms with Crippen molar-refractivity contribution in [2.24, 2.45) is 0 Å². The van der Waals surface area contributed by atoms with E-state index in [0.717, 1.165) is 22.0 Å². The Morgan fingerprint density at radius 1 is 1.16 bits per heavy atom. The molecule has 0 saturated carbocycles. The van der Waals surface area contributed by atoms with Gasteiger partial charge in [-0.05, 0) is 30.7 Å². The minimum absolute atomic E-state index is 0.0825. The summed E-state index contributed by atoms with van der Waals surface area (Å²) in [6.07, 6.45) is 7.82. The van der Waals surface area contributed by atoms with Crippen LogP contribution in [0.5, 0.6) is 5.75 Å². The molecule has 1 aliphatic rings. The molecule has 1 fully saturated rings. The van der Waals surface area contributed by atoms with Gasteiger partial charge in [-0.2, -0.15) is 0 Å². The molecule has 0 radical (unpaired) electrons. The average molecular weight is 450 g/mol. The maximum absolute atomic E-state index is 12.6. The number of piperazine rings is 1. The van der Waals surface area contributed by atoms with Gasteiger partial charge in [0.1, 0.15) is 18.1 Å². The smallest absolute Gasteiger partial charge is 0.274 e. The first-order valence-corrected chi connectivity index (χ1v) is 11.1. The van der Waals surface area contributed by atoms with E-state index >= 15 is 0 Å². The fourth-order valence-corrected chi connectivity index (χ4v) is 3.91. The van der Waals surface area contributed by atoms with Crippen LogP contribution in [0.2, 0.25) is 0 Å². The van der Waals surface area contributed by atoms with Crippen molar-refractivity contribution < 1.29 is 14.3 Å². The molecule has 3 heterocycles. The second-order valence-corrected chi connectivity index (χ2v) is 8.32. The van der Waals surface area contributed by atoms with Crippen LogP contribution in [0, 0.1) is 6.92 Å². The minimum Gasteiger partial charge on any atom is -0.487 e. The highest BCUT2D eigenvalue weighted by molar-refractivity contribution is 7.09. The molecule has 164 valence electrons. The molecule has 1 aromatic carbocycles. The van der Waals surface area contributed by atoms with Gasteiger partial charge in [-0.25, -0.2) is 9.97 Å². The van der Waals surface area contributed by atoms with E-state index in [4.69, 9.17) is 4.74 Å². The number of ether oxygens (including phenoxy) is 1. The molecule has 0 aliphatic carbocycles. The lowest BCUT2D eigenvalue weighted by Crippen LogP contribution is -2.50. The molecule has 8 nitrogen and oxygen atoms in total. The lowest BCUT2D eigenvalue weighted by atomic mass is 10.2. The Morgan fingerprint density at radius 2 is 1.97 bits per heavy atom. The second-order valence-electron chi connectivity index (χ2n) is 7.26. The predicted molar refractivity (Wildman–Crippen MR) is 121 cm³/mol. The highest BCUT2D eigenvalue weighted by atomic mass is 32.1. The molecular formula is C23H23N5O3S. The number of hydrogen-bond donors (Lipinski definition) is 0. The van der Waals surface area contributed by atoms with Crippen molar-refractivity contribution in [1.29, 1.82) is 0 Å². The average Bonchev–Trinajstić information content (AvgIpc) is 3.27. The molecule has 0 atom stereocenters. The molecule has 0 bridgehead atoms. The van der Waals surface area contributed by atoms with Gasteiger partial charge in [0.25, 0.3) is 5.91 Å². The second kappa shape index (κ2) is 10.1. The van der Waals surface area contributed by atoms with Crippen molar-refractivity contribution in [2.75, 3.05) is 26.2 Å². The maximum atomic E-state index is 12.6. The summed E-state index contributed by atoms with van der Waals surface area (Å²) in [6.45, 7) is 4.26. The number of amides is 2. The molecular weight excluding hydrogens is 426 g/mol. The summed E-state index contributed by atoms with van der Waals surface area (Å²) < 4.78 is 5.81. The Kier molecular flexibility index (Phi) is 6.86. The van der Waals surface area contributed by atoms with Gasteiger partial charge in [0.05, 0.1) is 16.9 Å². The summed E-state index contributed by atoms with van der Waals surface area (Å²) in [7, 11) is 0. The zero-order chi connectivity index (χ0) is 22.3. The Morgan fingerprint density at radius 3 is 2.69 bits per heavy atom. The zero-order valence-corrected chi connectivity index (χ0v) is 18.5. The van der Waals surface area contributed by atoms with Crippen LogP contribution in [-0.2, 0) is 11.4 Å². The Hall–Kier alpha value is -3.59. The number of aromatic nitrogens is 3. The van der Waals surface area contributed by atoms with Crippen LogP contribution in [0.25, 0.3) is 6.08 Å². The van der Waals surface area contributed by atoms with Crippen LogP contribution in [0.3, 0.4) is 0 Å². The number of carbonyl (C=O) groups is 2. The van der Waals surface area contributed by atoms with Crippen molar-refractivity contribution in [1.82, 2.24) is 24.8 Å². The molecule has 9 heteroatoms. The molecule has 1 saturated heterocycles. The number of rotatable bonds is 6. The van der Waals surface area contributed by atoms with Crippen molar-refractivity contribution >= 4 is 29.2 Å². The van der Waals surface area contributed by atoms with E-state index in [2.05, 4.69) is 15.0 Å². The van der Waals surface area contributed by atoms with Crippen molar-refractivity contribution in [3.05, 3.63) is 76.3 Å². The van der Waals surface area contributed by atoms with E-state index in [9.17, 15) is 9.59 Å². The lowest BCUT2D eigenvalue weighted by Gasteiger charge is -2.34. The van der Waals surface area contributed by atoms with E-state index in [1.54, 1.807) is 33.3 Å². The molecule has 2 amide bonds. The molecule has 32 heavy (non-hydrogen) atoms. The van der Waals surface area contributed by atoms with E-state index in [1.807, 2.05) is 36.6 Å². The zero-order valence-electron chi connectivity index (χ0n) is 17.7. The summed E-state index contributed by atoms with van der Waals surface area (Å²) in [6, 6.07) is 7.58. The topological polar surface area (TPSA) is 88.5 Å². The van der Waals surface area contributed by atoms with Crippen LogP contribution in [0.4, 0.5) is 0 Å². The maximum Gasteiger partial charge on any atom is 0.274 e. The summed E-state index contributed by atoms with van der Waals surface area (Å²) in [5.41, 5.74) is 2.10. The number of nitrogens with zero attached hydrogens (tertiary/aromatic N) is 5. The number of aryl methyl sites for hydroxylation is 1. The number of benzene rings is 1. The first-order valence-electron chi connectivity index (χ1n) is 10.2. The number of hydrogen-bond acceptors (Lipinski definition) is 7. The summed E-state index contributed by atoms with van der Waals surface area (Å²) in [4.78, 5) is 40.9. The fourth-order valence-electron chi connectivity index (χ4n) is 3.31. The molecule has 3 aromatic rings. The van der Waals surface area contributed by atoms with Crippen molar-refractivity contribution in [2.45, 2.75) is 13.5 Å². The van der Waals surface area contributed by atoms with Gasteiger partial charge in [0.15, 0.2) is 0 Å². The van der Waals surface area contributed by atoms with Crippen molar-refractivity contribution in [3.8, 4) is 5.75 Å². The Labute approximate surface area is 190 Å². The molecule has 1 aliphatic heterocycles. The third-order valence-corrected chi connectivity index (χ3v) is 5.81. The van der Waals surface area contributed by atoms with Crippen LogP contribution >= 0.6 is 11.3 Å². The SMILES string of the molecule is Cc1nc(COc2cccc(/C=C/C(=O)N3CCN(C(=O)c4cnccn4)CC3)c2)cs1. The van der Waals surface area contributed by atoms with Crippen LogP contribution in [-0.4, -0.2) is 62.7 Å². The first-order chi connectivity index (χ1) is 15.6. The summed E-state index contributed by atoms with van der Waals surface area (Å²) in [5.74, 6) is 0.479. The highest BCUT2D eigenvalue weighted by Gasteiger charge is 2.24. The van der Waals surface area contributed by atoms with Gasteiger partial charge in [0, 0.05) is 50.0 Å². The van der Waals surface area contributed by atoms with Gasteiger partial charge >= 0.3 is 0 Å². The molecule has 2 aromatic heterocycles. The van der Waals surface area contributed by atoms with Crippen molar-refractivity contribution in [3.63, 3.8) is 0 Å². The van der Waals surface area contributed by atoms with E-state index < -0.39 is 0 Å². The van der Waals surface area contributed by atoms with E-state index in [0.29, 0.717) is 38.5 Å². The number of thiazole rings is 1. The quantitative estimate of drug-likeness (QED) is 0.538. The van der Waals surface area contributed by atoms with Crippen LogP contribution in [0.15, 0.2) is 54.3 Å². The van der Waals surface area contributed by atoms with Crippen LogP contribution < -0.4 is 4.74 Å². The van der Waals surface area contributed by atoms with Gasteiger partial charge in [-0.1, -0.05) is 12.1 Å². The molecule has 0 spiro atoms. The Bertz CT molecular complexity index is 1110. The predicted octanol–water partition coefficient (Wildman–Crippen LogP) is 2.82. The van der Waals surface area contributed by atoms with E-state index in [1.165, 1.54) is 18.6 Å². The van der Waals surface area contributed by atoms with Gasteiger partial charge < -0.3 is 14.5 Å². The van der Waals surface area contributed by atoms with Crippen LogP contribution in [0.1, 0.15) is 26.8 Å². The fraction of sp³-hybridized carbons (Fsp3) is 0.261. The highest BCUT2D eigenvalue weighted by Crippen LogP contribution is 2.17. The normalized spacial score (nSPS) is 14.0. The largest absolute Gasteiger partial charge is 0.487 e. The summed E-state index contributed by atoms with van der Waals surface area (Å²) in [5, 5.41) is 3.00. The van der Waals surface area contributed by atoms with Gasteiger partial charge in [-0.3, -0.25) is 14.6 Å². The monoisotopic (exact) mass is 449 g/mol. The Balaban J connectivity index is 1.28. The lowest BCUT2D eigenvalue weighted by molar-refractivity contribution is -0.127. The summed E-state index contributed by atoms with van der Waals surface area (Å²) >= 11 is 1.60. The van der Waals surface area contributed by atoms with Gasteiger partial charge in [0.2, 0.25) is 5.91 Å². The first kappa shape index (κ1) is 21.6. The standard InChI is InChI=1S/C23H23N5O3S/c1-17-26-19(16-32-17)15-31-20-4-2-3-18(13-20)5-6-22(29)27-9-11-28(12-10-27)23(30)21-14-24-7-8-25-21/h2-8,13-14,16H,9-12,15H2,1H3/b6-5+. The third-order valence-electron chi connectivity index (χ3n) is 4.99. The van der Waals surface area contributed by atoms with Gasteiger partial charge in [-0.15, -0.1) is 11.3 Å². The molecule has 4 rings (SSSR count). The third kappa shape index (κ3) is 5.55. The van der Waals surface area contributed by atoms with E-state index in [-0.39, 0.29) is 11.8 Å². The molecule has 0 unspecified atom stereocenters. The number of carbonyl (C=O) groups excluding carboxylic acids is 2.